The lowest BCUT2D eigenvalue weighted by Gasteiger charge is -2.14. The van der Waals surface area contributed by atoms with E-state index in [0.29, 0.717) is 4.88 Å². The Morgan fingerprint density at radius 3 is 2.24 bits per heavy atom. The normalized spacial score (nSPS) is 12.6. The number of rotatable bonds is 7. The molecule has 2 aromatic rings. The Hall–Kier alpha value is -1.99. The van der Waals surface area contributed by atoms with Crippen molar-refractivity contribution in [2.75, 3.05) is 6.26 Å². The molecule has 1 aromatic carbocycles. The second kappa shape index (κ2) is 7.93. The average molecular weight is 380 g/mol. The lowest BCUT2D eigenvalue weighted by Crippen LogP contribution is -2.26. The minimum absolute atomic E-state index is 0.0293. The van der Waals surface area contributed by atoms with E-state index in [1.807, 2.05) is 19.9 Å². The zero-order chi connectivity index (χ0) is 18.6. The number of nitrogens with one attached hydrogen (secondary N) is 1. The molecule has 25 heavy (non-hydrogen) atoms. The maximum absolute atomic E-state index is 12.0. The van der Waals surface area contributed by atoms with Gasteiger partial charge in [-0.2, -0.15) is 0 Å². The molecule has 1 heterocycles. The maximum Gasteiger partial charge on any atom is 0.220 e. The molecule has 0 saturated carbocycles. The molecule has 1 atom stereocenters. The summed E-state index contributed by atoms with van der Waals surface area (Å²) in [5.74, 6) is -0.236. The molecule has 1 aromatic heterocycles. The summed E-state index contributed by atoms with van der Waals surface area (Å²) in [4.78, 5) is 26.0. The summed E-state index contributed by atoms with van der Waals surface area (Å²) in [5, 5.41) is 2.83. The van der Waals surface area contributed by atoms with Gasteiger partial charge in [0.05, 0.1) is 15.8 Å². The molecule has 0 fully saturated rings. The molecule has 0 aliphatic heterocycles. The second-order valence-corrected chi connectivity index (χ2v) is 9.27. The Morgan fingerprint density at radius 1 is 1.08 bits per heavy atom. The first-order chi connectivity index (χ1) is 11.7. The van der Waals surface area contributed by atoms with E-state index < -0.39 is 9.84 Å². The van der Waals surface area contributed by atoms with Crippen molar-refractivity contribution < 1.29 is 18.0 Å². The summed E-state index contributed by atoms with van der Waals surface area (Å²) in [5.41, 5.74) is 0.806. The monoisotopic (exact) mass is 379 g/mol. The molecular formula is C18H21NO4S2. The number of ketones is 1. The van der Waals surface area contributed by atoms with Crippen molar-refractivity contribution in [3.8, 4) is 0 Å². The number of benzene rings is 1. The van der Waals surface area contributed by atoms with Gasteiger partial charge < -0.3 is 5.32 Å². The first-order valence-electron chi connectivity index (χ1n) is 7.86. The van der Waals surface area contributed by atoms with Gasteiger partial charge in [0, 0.05) is 24.0 Å². The van der Waals surface area contributed by atoms with E-state index in [1.165, 1.54) is 23.5 Å². The summed E-state index contributed by atoms with van der Waals surface area (Å²) < 4.78 is 22.9. The van der Waals surface area contributed by atoms with Crippen LogP contribution in [0.25, 0.3) is 0 Å². The Balaban J connectivity index is 1.88. The third-order valence-corrected chi connectivity index (χ3v) is 5.95. The number of Topliss-reactive ketones (excluding diaryl/α,β-unsaturated/α-hetero) is 1. The van der Waals surface area contributed by atoms with Crippen LogP contribution in [0.2, 0.25) is 0 Å². The van der Waals surface area contributed by atoms with Crippen LogP contribution in [0.5, 0.6) is 0 Å². The third kappa shape index (κ3) is 5.51. The van der Waals surface area contributed by atoms with Gasteiger partial charge in [0.25, 0.3) is 0 Å². The highest BCUT2D eigenvalue weighted by atomic mass is 32.2. The van der Waals surface area contributed by atoms with E-state index in [9.17, 15) is 18.0 Å². The first-order valence-corrected chi connectivity index (χ1v) is 10.6. The van der Waals surface area contributed by atoms with E-state index in [1.54, 1.807) is 18.2 Å². The van der Waals surface area contributed by atoms with Crippen LogP contribution in [0.4, 0.5) is 0 Å². The molecule has 0 spiro atoms. The number of hydrogen-bond donors (Lipinski definition) is 1. The Labute approximate surface area is 152 Å². The van der Waals surface area contributed by atoms with E-state index in [0.717, 1.165) is 16.7 Å². The maximum atomic E-state index is 12.0. The van der Waals surface area contributed by atoms with E-state index >= 15 is 0 Å². The van der Waals surface area contributed by atoms with Crippen LogP contribution in [-0.4, -0.2) is 26.4 Å². The molecule has 2 rings (SSSR count). The van der Waals surface area contributed by atoms with Crippen LogP contribution in [0.15, 0.2) is 41.3 Å². The molecule has 0 aliphatic carbocycles. The largest absolute Gasteiger partial charge is 0.350 e. The van der Waals surface area contributed by atoms with Crippen molar-refractivity contribution in [2.45, 2.75) is 37.6 Å². The van der Waals surface area contributed by atoms with Crippen molar-refractivity contribution in [3.05, 3.63) is 51.7 Å². The van der Waals surface area contributed by atoms with Crippen molar-refractivity contribution in [3.63, 3.8) is 0 Å². The lowest BCUT2D eigenvalue weighted by molar-refractivity contribution is -0.121. The van der Waals surface area contributed by atoms with Crippen molar-refractivity contribution in [2.24, 2.45) is 0 Å². The molecule has 1 N–H and O–H groups in total. The molecule has 5 nitrogen and oxygen atoms in total. The van der Waals surface area contributed by atoms with Crippen LogP contribution in [0.3, 0.4) is 0 Å². The van der Waals surface area contributed by atoms with Crippen LogP contribution < -0.4 is 5.32 Å². The quantitative estimate of drug-likeness (QED) is 0.749. The summed E-state index contributed by atoms with van der Waals surface area (Å²) in [6.45, 7) is 3.75. The number of aryl methyl sites for hydroxylation is 1. The Kier molecular flexibility index (Phi) is 6.13. The molecule has 134 valence electrons. The van der Waals surface area contributed by atoms with E-state index in [2.05, 4.69) is 5.32 Å². The summed E-state index contributed by atoms with van der Waals surface area (Å²) in [6, 6.07) is 9.82. The molecule has 1 amide bonds. The van der Waals surface area contributed by atoms with Gasteiger partial charge in [0.15, 0.2) is 15.6 Å². The minimum Gasteiger partial charge on any atom is -0.350 e. The standard InChI is InChI=1S/C18H21NO4S2/c1-12-4-10-17(24-12)16(20)9-11-18(21)19-13(2)14-5-7-15(8-6-14)25(3,22)23/h4-8,10,13H,9,11H2,1-3H3,(H,19,21)/t13-/m0/s1. The molecule has 7 heteroatoms. The van der Waals surface area contributed by atoms with Gasteiger partial charge in [-0.25, -0.2) is 8.42 Å². The molecule has 0 saturated heterocycles. The van der Waals surface area contributed by atoms with Gasteiger partial charge in [-0.15, -0.1) is 11.3 Å². The summed E-state index contributed by atoms with van der Waals surface area (Å²) in [7, 11) is -3.23. The smallest absolute Gasteiger partial charge is 0.220 e. The highest BCUT2D eigenvalue weighted by Crippen LogP contribution is 2.19. The number of sulfone groups is 1. The zero-order valence-corrected chi connectivity index (χ0v) is 16.0. The van der Waals surface area contributed by atoms with Crippen LogP contribution in [0, 0.1) is 6.92 Å². The second-order valence-electron chi connectivity index (χ2n) is 5.96. The summed E-state index contributed by atoms with van der Waals surface area (Å²) in [6.07, 6.45) is 1.45. The SMILES string of the molecule is Cc1ccc(C(=O)CCC(=O)N[C@@H](C)c2ccc(S(C)(=O)=O)cc2)s1. The highest BCUT2D eigenvalue weighted by molar-refractivity contribution is 7.90. The molecule has 0 radical (unpaired) electrons. The predicted molar refractivity (Wildman–Crippen MR) is 98.7 cm³/mol. The van der Waals surface area contributed by atoms with Gasteiger partial charge in [-0.05, 0) is 43.7 Å². The Bertz CT molecular complexity index is 867. The Morgan fingerprint density at radius 2 is 1.72 bits per heavy atom. The third-order valence-electron chi connectivity index (χ3n) is 3.78. The first kappa shape index (κ1) is 19.3. The van der Waals surface area contributed by atoms with Crippen molar-refractivity contribution in [1.29, 1.82) is 0 Å². The fourth-order valence-corrected chi connectivity index (χ4v) is 3.80. The highest BCUT2D eigenvalue weighted by Gasteiger charge is 2.14. The van der Waals surface area contributed by atoms with Gasteiger partial charge >= 0.3 is 0 Å². The van der Waals surface area contributed by atoms with Crippen molar-refractivity contribution >= 4 is 32.9 Å². The van der Waals surface area contributed by atoms with Crippen LogP contribution >= 0.6 is 11.3 Å². The van der Waals surface area contributed by atoms with Gasteiger partial charge in [-0.3, -0.25) is 9.59 Å². The number of carbonyl (C=O) groups excluding carboxylic acids is 2. The van der Waals surface area contributed by atoms with E-state index in [4.69, 9.17) is 0 Å². The predicted octanol–water partition coefficient (Wildman–Crippen LogP) is 3.30. The molecular weight excluding hydrogens is 358 g/mol. The van der Waals surface area contributed by atoms with Gasteiger partial charge in [-0.1, -0.05) is 12.1 Å². The van der Waals surface area contributed by atoms with Gasteiger partial charge in [0.1, 0.15) is 0 Å². The number of hydrogen-bond acceptors (Lipinski definition) is 5. The van der Waals surface area contributed by atoms with Crippen LogP contribution in [0.1, 0.15) is 45.9 Å². The van der Waals surface area contributed by atoms with E-state index in [-0.39, 0.29) is 35.5 Å². The zero-order valence-electron chi connectivity index (χ0n) is 14.4. The summed E-state index contributed by atoms with van der Waals surface area (Å²) >= 11 is 1.43. The molecule has 0 aliphatic rings. The molecule has 0 unspecified atom stereocenters. The topological polar surface area (TPSA) is 80.3 Å². The fourth-order valence-electron chi connectivity index (χ4n) is 2.34. The lowest BCUT2D eigenvalue weighted by atomic mass is 10.1. The fraction of sp³-hybridized carbons (Fsp3) is 0.333. The number of carbonyl (C=O) groups is 2. The molecule has 0 bridgehead atoms. The minimum atomic E-state index is -3.23. The van der Waals surface area contributed by atoms with Crippen LogP contribution in [-0.2, 0) is 14.6 Å². The number of amides is 1. The van der Waals surface area contributed by atoms with Crippen molar-refractivity contribution in [1.82, 2.24) is 5.32 Å². The number of thiophene rings is 1. The van der Waals surface area contributed by atoms with Gasteiger partial charge in [0.2, 0.25) is 5.91 Å². The average Bonchev–Trinajstić information content (AvgIpc) is 2.98.